The van der Waals surface area contributed by atoms with Gasteiger partial charge in [-0.25, -0.2) is 15.0 Å². The fourth-order valence-electron chi connectivity index (χ4n) is 2.62. The number of hydrogen-bond acceptors (Lipinski definition) is 5. The molecule has 3 aromatic rings. The maximum absolute atomic E-state index is 12.1. The highest BCUT2D eigenvalue weighted by Crippen LogP contribution is 2.17. The van der Waals surface area contributed by atoms with Gasteiger partial charge in [0.1, 0.15) is 11.8 Å². The summed E-state index contributed by atoms with van der Waals surface area (Å²) in [7, 11) is 0. The third-order valence-electron chi connectivity index (χ3n) is 3.98. The van der Waals surface area contributed by atoms with Crippen LogP contribution >= 0.6 is 11.6 Å². The number of fused-ring (bicyclic) bond motifs is 1. The number of aryl methyl sites for hydroxylation is 1. The van der Waals surface area contributed by atoms with Crippen LogP contribution in [-0.2, 0) is 11.3 Å². The van der Waals surface area contributed by atoms with Crippen LogP contribution in [-0.4, -0.2) is 25.4 Å². The maximum atomic E-state index is 12.1. The molecule has 3 rings (SSSR count). The summed E-state index contributed by atoms with van der Waals surface area (Å²) in [6.45, 7) is 2.58. The molecule has 0 unspecified atom stereocenters. The maximum Gasteiger partial charge on any atom is 0.220 e. The average Bonchev–Trinajstić information content (AvgIpc) is 3.00. The van der Waals surface area contributed by atoms with E-state index in [1.807, 2.05) is 35.8 Å². The van der Waals surface area contributed by atoms with E-state index in [9.17, 15) is 4.79 Å². The van der Waals surface area contributed by atoms with E-state index in [1.165, 1.54) is 6.33 Å². The number of rotatable bonds is 6. The Balaban J connectivity index is 1.52. The molecule has 7 nitrogen and oxygen atoms in total. The molecule has 1 aromatic carbocycles. The molecule has 2 heterocycles. The number of anilines is 1. The van der Waals surface area contributed by atoms with Crippen LogP contribution in [0.1, 0.15) is 31.4 Å². The molecule has 25 heavy (non-hydrogen) atoms. The first-order chi connectivity index (χ1) is 12.0. The second-order valence-corrected chi connectivity index (χ2v) is 6.25. The lowest BCUT2D eigenvalue weighted by atomic mass is 10.1. The van der Waals surface area contributed by atoms with Gasteiger partial charge in [-0.15, -0.1) is 0 Å². The van der Waals surface area contributed by atoms with Gasteiger partial charge in [0.2, 0.25) is 5.91 Å². The SMILES string of the molecule is C[C@H](NC(=O)CCCn1cnc2c(N)ncnc21)c1ccc(Cl)cc1. The fraction of sp³-hybridized carbons (Fsp3) is 0.294. The summed E-state index contributed by atoms with van der Waals surface area (Å²) in [5, 5.41) is 3.67. The van der Waals surface area contributed by atoms with Crippen LogP contribution in [0.25, 0.3) is 11.2 Å². The van der Waals surface area contributed by atoms with Gasteiger partial charge in [-0.2, -0.15) is 0 Å². The number of nitrogens with zero attached hydrogens (tertiary/aromatic N) is 4. The number of nitrogens with one attached hydrogen (secondary N) is 1. The lowest BCUT2D eigenvalue weighted by Crippen LogP contribution is -2.26. The molecule has 0 radical (unpaired) electrons. The Kier molecular flexibility index (Phi) is 5.14. The zero-order valence-corrected chi connectivity index (χ0v) is 14.6. The molecule has 3 N–H and O–H groups in total. The van der Waals surface area contributed by atoms with Crippen LogP contribution in [0.3, 0.4) is 0 Å². The highest BCUT2D eigenvalue weighted by atomic mass is 35.5. The minimum Gasteiger partial charge on any atom is -0.382 e. The normalized spacial score (nSPS) is 12.2. The molecule has 1 amide bonds. The van der Waals surface area contributed by atoms with Gasteiger partial charge in [0.25, 0.3) is 0 Å². The molecule has 0 saturated heterocycles. The van der Waals surface area contributed by atoms with Crippen molar-refractivity contribution < 1.29 is 4.79 Å². The summed E-state index contributed by atoms with van der Waals surface area (Å²) in [6, 6.07) is 7.39. The van der Waals surface area contributed by atoms with E-state index in [2.05, 4.69) is 20.3 Å². The summed E-state index contributed by atoms with van der Waals surface area (Å²) in [4.78, 5) is 24.5. The van der Waals surface area contributed by atoms with Crippen molar-refractivity contribution >= 4 is 34.5 Å². The Hall–Kier alpha value is -2.67. The standard InChI is InChI=1S/C17H19ClN6O/c1-11(12-4-6-13(18)7-5-12)23-14(25)3-2-8-24-10-22-15-16(19)20-9-21-17(15)24/h4-7,9-11H,2-3,8H2,1H3,(H,23,25)(H2,19,20,21)/t11-/m0/s1. The molecule has 8 heteroatoms. The quantitative estimate of drug-likeness (QED) is 0.705. The number of carbonyl (C=O) groups is 1. The van der Waals surface area contributed by atoms with Gasteiger partial charge in [0, 0.05) is 18.0 Å². The first-order valence-electron chi connectivity index (χ1n) is 8.00. The molecule has 0 saturated carbocycles. The Morgan fingerprint density at radius 2 is 2.04 bits per heavy atom. The molecular weight excluding hydrogens is 340 g/mol. The van der Waals surface area contributed by atoms with E-state index < -0.39 is 0 Å². The zero-order valence-electron chi connectivity index (χ0n) is 13.8. The number of carbonyl (C=O) groups excluding carboxylic acids is 1. The van der Waals surface area contributed by atoms with Crippen molar-refractivity contribution in [3.8, 4) is 0 Å². The highest BCUT2D eigenvalue weighted by molar-refractivity contribution is 6.30. The van der Waals surface area contributed by atoms with Crippen LogP contribution in [0.2, 0.25) is 5.02 Å². The lowest BCUT2D eigenvalue weighted by molar-refractivity contribution is -0.121. The van der Waals surface area contributed by atoms with Gasteiger partial charge in [-0.05, 0) is 31.0 Å². The predicted molar refractivity (Wildman–Crippen MR) is 97.0 cm³/mol. The monoisotopic (exact) mass is 358 g/mol. The van der Waals surface area contributed by atoms with Crippen LogP contribution in [0, 0.1) is 0 Å². The van der Waals surface area contributed by atoms with Crippen LogP contribution in [0.15, 0.2) is 36.9 Å². The van der Waals surface area contributed by atoms with Crippen molar-refractivity contribution in [2.45, 2.75) is 32.4 Å². The molecule has 0 aliphatic rings. The van der Waals surface area contributed by atoms with Crippen molar-refractivity contribution in [2.75, 3.05) is 5.73 Å². The first-order valence-corrected chi connectivity index (χ1v) is 8.38. The van der Waals surface area contributed by atoms with Gasteiger partial charge in [-0.3, -0.25) is 4.79 Å². The number of halogens is 1. The van der Waals surface area contributed by atoms with Crippen LogP contribution in [0.4, 0.5) is 5.82 Å². The topological polar surface area (TPSA) is 98.7 Å². The molecule has 0 bridgehead atoms. The predicted octanol–water partition coefficient (Wildman–Crippen LogP) is 2.72. The summed E-state index contributed by atoms with van der Waals surface area (Å²) in [5.74, 6) is 0.360. The minimum absolute atomic E-state index is 0.000936. The second-order valence-electron chi connectivity index (χ2n) is 5.81. The summed E-state index contributed by atoms with van der Waals surface area (Å²) < 4.78 is 1.88. The van der Waals surface area contributed by atoms with E-state index in [-0.39, 0.29) is 11.9 Å². The van der Waals surface area contributed by atoms with E-state index in [0.29, 0.717) is 41.4 Å². The lowest BCUT2D eigenvalue weighted by Gasteiger charge is -2.14. The number of hydrogen-bond donors (Lipinski definition) is 2. The Morgan fingerprint density at radius 3 is 2.80 bits per heavy atom. The fourth-order valence-corrected chi connectivity index (χ4v) is 2.75. The average molecular weight is 359 g/mol. The highest BCUT2D eigenvalue weighted by Gasteiger charge is 2.11. The third-order valence-corrected chi connectivity index (χ3v) is 4.23. The molecule has 1 atom stereocenters. The number of benzene rings is 1. The first kappa shape index (κ1) is 17.2. The Bertz CT molecular complexity index is 876. The largest absolute Gasteiger partial charge is 0.382 e. The third kappa shape index (κ3) is 4.06. The molecule has 0 aliphatic heterocycles. The second kappa shape index (κ2) is 7.48. The van der Waals surface area contributed by atoms with E-state index in [0.717, 1.165) is 5.56 Å². The number of nitrogens with two attached hydrogens (primary N) is 1. The number of amides is 1. The smallest absolute Gasteiger partial charge is 0.220 e. The molecule has 2 aromatic heterocycles. The van der Waals surface area contributed by atoms with Gasteiger partial charge in [0.05, 0.1) is 12.4 Å². The van der Waals surface area contributed by atoms with E-state index in [4.69, 9.17) is 17.3 Å². The molecular formula is C17H19ClN6O. The van der Waals surface area contributed by atoms with E-state index in [1.54, 1.807) is 6.33 Å². The van der Waals surface area contributed by atoms with Crippen molar-refractivity contribution in [1.29, 1.82) is 0 Å². The Labute approximate surface area is 150 Å². The number of imidazole rings is 1. The molecule has 130 valence electrons. The van der Waals surface area contributed by atoms with Gasteiger partial charge in [-0.1, -0.05) is 23.7 Å². The van der Waals surface area contributed by atoms with Gasteiger partial charge < -0.3 is 15.6 Å². The number of aromatic nitrogens is 4. The molecule has 0 aliphatic carbocycles. The molecule has 0 spiro atoms. The number of nitrogen functional groups attached to an aromatic ring is 1. The molecule has 0 fully saturated rings. The van der Waals surface area contributed by atoms with Crippen molar-refractivity contribution in [1.82, 2.24) is 24.8 Å². The summed E-state index contributed by atoms with van der Waals surface area (Å²) in [6.07, 6.45) is 4.17. The summed E-state index contributed by atoms with van der Waals surface area (Å²) >= 11 is 5.88. The van der Waals surface area contributed by atoms with Crippen molar-refractivity contribution in [3.05, 3.63) is 47.5 Å². The van der Waals surface area contributed by atoms with Crippen molar-refractivity contribution in [3.63, 3.8) is 0 Å². The summed E-state index contributed by atoms with van der Waals surface area (Å²) in [5.41, 5.74) is 8.05. The van der Waals surface area contributed by atoms with Crippen LogP contribution in [0.5, 0.6) is 0 Å². The van der Waals surface area contributed by atoms with Gasteiger partial charge in [0.15, 0.2) is 11.5 Å². The van der Waals surface area contributed by atoms with E-state index >= 15 is 0 Å². The van der Waals surface area contributed by atoms with Gasteiger partial charge >= 0.3 is 0 Å². The minimum atomic E-state index is -0.0635. The Morgan fingerprint density at radius 1 is 1.28 bits per heavy atom. The van der Waals surface area contributed by atoms with Crippen molar-refractivity contribution in [2.24, 2.45) is 0 Å². The van der Waals surface area contributed by atoms with Crippen LogP contribution < -0.4 is 11.1 Å². The zero-order chi connectivity index (χ0) is 17.8.